The minimum Gasteiger partial charge on any atom is -0.378 e. The molecule has 0 spiro atoms. The van der Waals surface area contributed by atoms with Gasteiger partial charge in [0, 0.05) is 42.7 Å². The van der Waals surface area contributed by atoms with Crippen molar-refractivity contribution in [2.45, 2.75) is 34.2 Å². The Morgan fingerprint density at radius 2 is 1.47 bits per heavy atom. The van der Waals surface area contributed by atoms with Crippen molar-refractivity contribution in [3.63, 3.8) is 0 Å². The zero-order valence-electron chi connectivity index (χ0n) is 24.3. The van der Waals surface area contributed by atoms with E-state index in [1.54, 1.807) is 22.1 Å². The summed E-state index contributed by atoms with van der Waals surface area (Å²) in [7, 11) is -3.62. The second-order valence-electron chi connectivity index (χ2n) is 11.7. The van der Waals surface area contributed by atoms with Gasteiger partial charge in [0.05, 0.1) is 17.0 Å². The smallest absolute Gasteiger partial charge is 0.243 e. The summed E-state index contributed by atoms with van der Waals surface area (Å²) in [6.45, 7) is 2.27. The molecule has 3 atom stereocenters. The predicted octanol–water partition coefficient (Wildman–Crippen LogP) is 7.33. The quantitative estimate of drug-likeness (QED) is 0.176. The standard InChI is InChI=1S/C36H37N3O2S2/c1-42-29-17-15-26(16-18-29)35-32-14-8-13-31(32)33-25-30(19-20-34(33)37-35)43(40,41)39-23-21-38(22-24-39)36(27-9-4-2-5-10-27)28-11-6-3-7-12-28/h2-13,15-20,25,31-32,35-37H,14,21-24H2,1H3. The van der Waals surface area contributed by atoms with Crippen LogP contribution < -0.4 is 5.32 Å². The van der Waals surface area contributed by atoms with Crippen molar-refractivity contribution in [1.29, 1.82) is 0 Å². The number of hydrogen-bond acceptors (Lipinski definition) is 5. The molecular weight excluding hydrogens is 571 g/mol. The Kier molecular flexibility index (Phi) is 7.91. The lowest BCUT2D eigenvalue weighted by atomic mass is 9.77. The van der Waals surface area contributed by atoms with Crippen molar-refractivity contribution in [3.05, 3.63) is 138 Å². The number of piperazine rings is 1. The van der Waals surface area contributed by atoms with Gasteiger partial charge >= 0.3 is 0 Å². The Balaban J connectivity index is 1.11. The summed E-state index contributed by atoms with van der Waals surface area (Å²) in [6.07, 6.45) is 7.61. The summed E-state index contributed by atoms with van der Waals surface area (Å²) >= 11 is 1.75. The number of benzene rings is 4. The summed E-state index contributed by atoms with van der Waals surface area (Å²) in [5.41, 5.74) is 5.85. The van der Waals surface area contributed by atoms with E-state index in [0.29, 0.717) is 37.0 Å². The molecule has 3 aliphatic rings. The molecule has 220 valence electrons. The third-order valence-corrected chi connectivity index (χ3v) is 12.0. The van der Waals surface area contributed by atoms with Crippen LogP contribution in [0.2, 0.25) is 0 Å². The molecule has 0 saturated carbocycles. The van der Waals surface area contributed by atoms with Gasteiger partial charge in [0.1, 0.15) is 0 Å². The van der Waals surface area contributed by atoms with Gasteiger partial charge in [0.2, 0.25) is 10.0 Å². The number of thioether (sulfide) groups is 1. The lowest BCUT2D eigenvalue weighted by Crippen LogP contribution is -2.49. The van der Waals surface area contributed by atoms with Crippen LogP contribution in [0.1, 0.15) is 46.7 Å². The molecule has 7 heteroatoms. The van der Waals surface area contributed by atoms with Gasteiger partial charge in [-0.1, -0.05) is 84.9 Å². The Morgan fingerprint density at radius 3 is 2.09 bits per heavy atom. The molecule has 0 radical (unpaired) electrons. The molecule has 4 aromatic carbocycles. The van der Waals surface area contributed by atoms with Gasteiger partial charge in [-0.05, 0) is 71.2 Å². The number of hydrogen-bond donors (Lipinski definition) is 1. The average molecular weight is 608 g/mol. The van der Waals surface area contributed by atoms with Crippen molar-refractivity contribution in [2.75, 3.05) is 37.8 Å². The molecule has 0 aromatic heterocycles. The minimum atomic E-state index is -3.62. The van der Waals surface area contributed by atoms with E-state index < -0.39 is 10.0 Å². The molecule has 3 unspecified atom stereocenters. The van der Waals surface area contributed by atoms with E-state index in [9.17, 15) is 8.42 Å². The Morgan fingerprint density at radius 1 is 0.814 bits per heavy atom. The minimum absolute atomic E-state index is 0.0954. The summed E-state index contributed by atoms with van der Waals surface area (Å²) in [4.78, 5) is 4.06. The third-order valence-electron chi connectivity index (χ3n) is 9.32. The highest BCUT2D eigenvalue weighted by Crippen LogP contribution is 2.50. The molecule has 2 heterocycles. The van der Waals surface area contributed by atoms with E-state index >= 15 is 0 Å². The first-order valence-electron chi connectivity index (χ1n) is 15.1. The fraction of sp³-hybridized carbons (Fsp3) is 0.278. The molecule has 5 nitrogen and oxygen atoms in total. The number of nitrogens with zero attached hydrogens (tertiary/aromatic N) is 2. The SMILES string of the molecule is CSc1ccc(C2Nc3ccc(S(=O)(=O)N4CCN(C(c5ccccc5)c5ccccc5)CC4)cc3C3C=CCC32)cc1. The molecule has 0 bridgehead atoms. The normalized spacial score (nSPS) is 22.2. The largest absolute Gasteiger partial charge is 0.378 e. The maximum atomic E-state index is 14.0. The highest BCUT2D eigenvalue weighted by molar-refractivity contribution is 7.98. The topological polar surface area (TPSA) is 52.7 Å². The fourth-order valence-electron chi connectivity index (χ4n) is 7.11. The van der Waals surface area contributed by atoms with Crippen LogP contribution in [0.3, 0.4) is 0 Å². The maximum Gasteiger partial charge on any atom is 0.243 e. The van der Waals surface area contributed by atoms with Gasteiger partial charge in [-0.25, -0.2) is 8.42 Å². The molecule has 2 aliphatic heterocycles. The summed E-state index contributed by atoms with van der Waals surface area (Å²) in [5.74, 6) is 0.563. The van der Waals surface area contributed by atoms with Crippen molar-refractivity contribution in [1.82, 2.24) is 9.21 Å². The first-order chi connectivity index (χ1) is 21.0. The van der Waals surface area contributed by atoms with Crippen LogP contribution in [0.15, 0.2) is 125 Å². The number of fused-ring (bicyclic) bond motifs is 3. The molecule has 0 amide bonds. The second-order valence-corrected chi connectivity index (χ2v) is 14.5. The summed E-state index contributed by atoms with van der Waals surface area (Å²) < 4.78 is 29.7. The van der Waals surface area contributed by atoms with E-state index in [4.69, 9.17) is 0 Å². The number of allylic oxidation sites excluding steroid dienone is 2. The number of nitrogens with one attached hydrogen (secondary N) is 1. The molecule has 1 N–H and O–H groups in total. The Bertz CT molecular complexity index is 1660. The van der Waals surface area contributed by atoms with Crippen LogP contribution in [0.4, 0.5) is 5.69 Å². The fourth-order valence-corrected chi connectivity index (χ4v) is 8.98. The van der Waals surface area contributed by atoms with Gasteiger partial charge < -0.3 is 5.32 Å². The van der Waals surface area contributed by atoms with Crippen molar-refractivity contribution >= 4 is 27.5 Å². The van der Waals surface area contributed by atoms with Crippen LogP contribution in [-0.4, -0.2) is 50.1 Å². The summed E-state index contributed by atoms with van der Waals surface area (Å²) in [6, 6.07) is 35.8. The van der Waals surface area contributed by atoms with Gasteiger partial charge in [0.25, 0.3) is 0 Å². The number of anilines is 1. The zero-order chi connectivity index (χ0) is 29.4. The molecule has 43 heavy (non-hydrogen) atoms. The molecule has 1 aliphatic carbocycles. The first kappa shape index (κ1) is 28.4. The van der Waals surface area contributed by atoms with Crippen LogP contribution in [0.5, 0.6) is 0 Å². The van der Waals surface area contributed by atoms with E-state index in [-0.39, 0.29) is 18.0 Å². The molecule has 4 aromatic rings. The highest BCUT2D eigenvalue weighted by Gasteiger charge is 2.39. The monoisotopic (exact) mass is 607 g/mol. The van der Waals surface area contributed by atoms with Gasteiger partial charge in [-0.3, -0.25) is 4.90 Å². The van der Waals surface area contributed by atoms with Crippen LogP contribution in [-0.2, 0) is 10.0 Å². The number of sulfonamides is 1. The Labute approximate surface area is 259 Å². The Hall–Kier alpha value is -3.36. The van der Waals surface area contributed by atoms with Gasteiger partial charge in [0.15, 0.2) is 0 Å². The van der Waals surface area contributed by atoms with E-state index in [1.807, 2.05) is 24.3 Å². The van der Waals surface area contributed by atoms with Crippen LogP contribution >= 0.6 is 11.8 Å². The molecule has 1 fully saturated rings. The first-order valence-corrected chi connectivity index (χ1v) is 17.7. The molecule has 7 rings (SSSR count). The summed E-state index contributed by atoms with van der Waals surface area (Å²) in [5, 5.41) is 3.77. The van der Waals surface area contributed by atoms with Gasteiger partial charge in [-0.15, -0.1) is 11.8 Å². The van der Waals surface area contributed by atoms with Crippen molar-refractivity contribution in [3.8, 4) is 0 Å². The number of rotatable bonds is 7. The van der Waals surface area contributed by atoms with Crippen molar-refractivity contribution < 1.29 is 8.42 Å². The highest BCUT2D eigenvalue weighted by atomic mass is 32.2. The molecular formula is C36H37N3O2S2. The van der Waals surface area contributed by atoms with E-state index in [0.717, 1.165) is 17.7 Å². The van der Waals surface area contributed by atoms with Crippen LogP contribution in [0, 0.1) is 5.92 Å². The van der Waals surface area contributed by atoms with Crippen LogP contribution in [0.25, 0.3) is 0 Å². The lowest BCUT2D eigenvalue weighted by molar-refractivity contribution is 0.156. The van der Waals surface area contributed by atoms with E-state index in [2.05, 4.69) is 101 Å². The zero-order valence-corrected chi connectivity index (χ0v) is 26.0. The predicted molar refractivity (Wildman–Crippen MR) is 176 cm³/mol. The average Bonchev–Trinajstić information content (AvgIpc) is 3.56. The van der Waals surface area contributed by atoms with Crippen molar-refractivity contribution in [2.24, 2.45) is 5.92 Å². The third kappa shape index (κ3) is 5.44. The lowest BCUT2D eigenvalue weighted by Gasteiger charge is -2.40. The molecule has 1 saturated heterocycles. The van der Waals surface area contributed by atoms with E-state index in [1.165, 1.54) is 21.6 Å². The second kappa shape index (κ2) is 12.0. The maximum absolute atomic E-state index is 14.0. The van der Waals surface area contributed by atoms with Gasteiger partial charge in [-0.2, -0.15) is 4.31 Å².